The average molecular weight is 325 g/mol. The molecule has 0 bridgehead atoms. The number of amides is 1. The Balaban J connectivity index is 3.01. The molecule has 0 aliphatic heterocycles. The van der Waals surface area contributed by atoms with Crippen LogP contribution in [0.3, 0.4) is 0 Å². The number of benzene rings is 1. The van der Waals surface area contributed by atoms with Crippen molar-refractivity contribution in [3.8, 4) is 11.5 Å². The zero-order valence-corrected chi connectivity index (χ0v) is 13.4. The summed E-state index contributed by atoms with van der Waals surface area (Å²) in [5.74, 6) is -1.59. The van der Waals surface area contributed by atoms with Crippen LogP contribution in [-0.2, 0) is 19.1 Å². The second kappa shape index (κ2) is 8.62. The topological polar surface area (TPSA) is 100 Å². The van der Waals surface area contributed by atoms with Crippen LogP contribution in [0.15, 0.2) is 18.2 Å². The second-order valence-corrected chi connectivity index (χ2v) is 4.28. The van der Waals surface area contributed by atoms with Crippen molar-refractivity contribution in [2.24, 2.45) is 0 Å². The maximum Gasteiger partial charge on any atom is 0.369 e. The third kappa shape index (κ3) is 5.17. The van der Waals surface area contributed by atoms with Gasteiger partial charge in [0.1, 0.15) is 11.5 Å². The molecule has 1 aromatic carbocycles. The lowest BCUT2D eigenvalue weighted by Crippen LogP contribution is -2.44. The van der Waals surface area contributed by atoms with Crippen molar-refractivity contribution in [1.29, 1.82) is 0 Å². The van der Waals surface area contributed by atoms with E-state index < -0.39 is 24.1 Å². The molecule has 1 N–H and O–H groups in total. The lowest BCUT2D eigenvalue weighted by atomic mass is 10.1. The molecule has 1 amide bonds. The fourth-order valence-electron chi connectivity index (χ4n) is 1.71. The van der Waals surface area contributed by atoms with Crippen molar-refractivity contribution >= 4 is 17.8 Å². The maximum atomic E-state index is 12.3. The van der Waals surface area contributed by atoms with E-state index in [1.165, 1.54) is 20.3 Å². The Bertz CT molecular complexity index is 585. The first kappa shape index (κ1) is 18.3. The zero-order chi connectivity index (χ0) is 17.4. The molecule has 8 nitrogen and oxygen atoms in total. The Morgan fingerprint density at radius 3 is 2.39 bits per heavy atom. The normalized spacial score (nSPS) is 11.1. The summed E-state index contributed by atoms with van der Waals surface area (Å²) in [7, 11) is 2.84. The number of hydrogen-bond donors (Lipinski definition) is 1. The molecule has 0 heterocycles. The summed E-state index contributed by atoms with van der Waals surface area (Å²) in [5, 5.41) is 2.28. The van der Waals surface area contributed by atoms with E-state index in [-0.39, 0.29) is 17.9 Å². The first-order valence-electron chi connectivity index (χ1n) is 6.79. The van der Waals surface area contributed by atoms with Crippen molar-refractivity contribution in [3.05, 3.63) is 23.8 Å². The number of esters is 2. The van der Waals surface area contributed by atoms with Gasteiger partial charge in [0.15, 0.2) is 0 Å². The van der Waals surface area contributed by atoms with E-state index in [1.807, 2.05) is 0 Å². The molecule has 0 aromatic heterocycles. The molecule has 0 spiro atoms. The van der Waals surface area contributed by atoms with Gasteiger partial charge in [0.05, 0.1) is 26.4 Å². The fourth-order valence-corrected chi connectivity index (χ4v) is 1.71. The largest absolute Gasteiger partial charge is 0.497 e. The quantitative estimate of drug-likeness (QED) is 0.587. The van der Waals surface area contributed by atoms with Crippen LogP contribution in [0.4, 0.5) is 0 Å². The zero-order valence-electron chi connectivity index (χ0n) is 13.4. The second-order valence-electron chi connectivity index (χ2n) is 4.28. The third-order valence-corrected chi connectivity index (χ3v) is 2.70. The predicted molar refractivity (Wildman–Crippen MR) is 79.2 cm³/mol. The van der Waals surface area contributed by atoms with E-state index in [1.54, 1.807) is 19.1 Å². The molecule has 126 valence electrons. The van der Waals surface area contributed by atoms with Gasteiger partial charge < -0.3 is 24.3 Å². The summed E-state index contributed by atoms with van der Waals surface area (Å²) in [6.45, 7) is 2.79. The monoisotopic (exact) mass is 325 g/mol. The van der Waals surface area contributed by atoms with Crippen LogP contribution in [0, 0.1) is 0 Å². The standard InChI is InChI=1S/C15H19NO7/c1-5-22-15(19)14(23-9(2)17)16-13(18)11-8-10(20-3)6-7-12(11)21-4/h6-8,14H,5H2,1-4H3,(H,16,18). The predicted octanol–water partition coefficient (Wildman–Crippen LogP) is 0.886. The summed E-state index contributed by atoms with van der Waals surface area (Å²) in [6.07, 6.45) is -1.55. The van der Waals surface area contributed by atoms with E-state index in [4.69, 9.17) is 18.9 Å². The molecule has 1 unspecified atom stereocenters. The maximum absolute atomic E-state index is 12.3. The highest BCUT2D eigenvalue weighted by Gasteiger charge is 2.27. The van der Waals surface area contributed by atoms with Crippen LogP contribution in [0.5, 0.6) is 11.5 Å². The molecule has 0 aliphatic carbocycles. The summed E-state index contributed by atoms with van der Waals surface area (Å²) in [5.41, 5.74) is 0.119. The minimum atomic E-state index is -1.55. The molecule has 8 heteroatoms. The van der Waals surface area contributed by atoms with Crippen molar-refractivity contribution in [2.45, 2.75) is 20.1 Å². The molecule has 1 rings (SSSR count). The lowest BCUT2D eigenvalue weighted by molar-refractivity contribution is -0.167. The molecule has 1 atom stereocenters. The van der Waals surface area contributed by atoms with E-state index in [0.717, 1.165) is 6.92 Å². The molecular weight excluding hydrogens is 306 g/mol. The minimum Gasteiger partial charge on any atom is -0.497 e. The van der Waals surface area contributed by atoms with Crippen LogP contribution >= 0.6 is 0 Å². The van der Waals surface area contributed by atoms with Crippen LogP contribution < -0.4 is 14.8 Å². The van der Waals surface area contributed by atoms with Gasteiger partial charge in [-0.25, -0.2) is 4.79 Å². The Kier molecular flexibility index (Phi) is 6.85. The summed E-state index contributed by atoms with van der Waals surface area (Å²) >= 11 is 0. The van der Waals surface area contributed by atoms with Gasteiger partial charge >= 0.3 is 11.9 Å². The summed E-state index contributed by atoms with van der Waals surface area (Å²) in [6, 6.07) is 4.59. The lowest BCUT2D eigenvalue weighted by Gasteiger charge is -2.18. The molecule has 0 radical (unpaired) electrons. The number of rotatable bonds is 7. The van der Waals surface area contributed by atoms with Gasteiger partial charge in [0.2, 0.25) is 0 Å². The number of carbonyl (C=O) groups excluding carboxylic acids is 3. The number of carbonyl (C=O) groups is 3. The molecule has 0 saturated carbocycles. The van der Waals surface area contributed by atoms with Gasteiger partial charge in [-0.2, -0.15) is 0 Å². The van der Waals surface area contributed by atoms with Crippen LogP contribution in [-0.4, -0.2) is 44.9 Å². The highest BCUT2D eigenvalue weighted by atomic mass is 16.6. The molecule has 0 aliphatic rings. The first-order chi connectivity index (χ1) is 10.9. The Labute approximate surface area is 133 Å². The fraction of sp³-hybridized carbons (Fsp3) is 0.400. The van der Waals surface area contributed by atoms with Crippen molar-refractivity contribution < 1.29 is 33.3 Å². The number of hydrogen-bond acceptors (Lipinski definition) is 7. The van der Waals surface area contributed by atoms with Crippen molar-refractivity contribution in [1.82, 2.24) is 5.32 Å². The van der Waals surface area contributed by atoms with Gasteiger partial charge in [-0.15, -0.1) is 0 Å². The highest BCUT2D eigenvalue weighted by molar-refractivity contribution is 5.99. The van der Waals surface area contributed by atoms with Crippen molar-refractivity contribution in [2.75, 3.05) is 20.8 Å². The smallest absolute Gasteiger partial charge is 0.369 e. The number of methoxy groups -OCH3 is 2. The highest BCUT2D eigenvalue weighted by Crippen LogP contribution is 2.24. The van der Waals surface area contributed by atoms with E-state index >= 15 is 0 Å². The average Bonchev–Trinajstić information content (AvgIpc) is 2.53. The first-order valence-corrected chi connectivity index (χ1v) is 6.79. The molecular formula is C15H19NO7. The van der Waals surface area contributed by atoms with Gasteiger partial charge in [0, 0.05) is 6.92 Å². The third-order valence-electron chi connectivity index (χ3n) is 2.70. The Hall–Kier alpha value is -2.77. The molecule has 1 aromatic rings. The van der Waals surface area contributed by atoms with Crippen LogP contribution in [0.2, 0.25) is 0 Å². The van der Waals surface area contributed by atoms with Crippen LogP contribution in [0.1, 0.15) is 24.2 Å². The molecule has 0 fully saturated rings. The number of ether oxygens (including phenoxy) is 4. The molecule has 0 saturated heterocycles. The SMILES string of the molecule is CCOC(=O)C(NC(=O)c1cc(OC)ccc1OC)OC(C)=O. The van der Waals surface area contributed by atoms with E-state index in [0.29, 0.717) is 5.75 Å². The summed E-state index contributed by atoms with van der Waals surface area (Å²) in [4.78, 5) is 35.2. The van der Waals surface area contributed by atoms with Crippen molar-refractivity contribution in [3.63, 3.8) is 0 Å². The van der Waals surface area contributed by atoms with Gasteiger partial charge in [-0.3, -0.25) is 9.59 Å². The Morgan fingerprint density at radius 2 is 1.87 bits per heavy atom. The van der Waals surface area contributed by atoms with Gasteiger partial charge in [-0.1, -0.05) is 0 Å². The van der Waals surface area contributed by atoms with E-state index in [9.17, 15) is 14.4 Å². The van der Waals surface area contributed by atoms with E-state index in [2.05, 4.69) is 5.32 Å². The number of nitrogens with one attached hydrogen (secondary N) is 1. The Morgan fingerprint density at radius 1 is 1.17 bits per heavy atom. The van der Waals surface area contributed by atoms with Gasteiger partial charge in [-0.05, 0) is 25.1 Å². The van der Waals surface area contributed by atoms with Gasteiger partial charge in [0.25, 0.3) is 12.1 Å². The molecule has 23 heavy (non-hydrogen) atoms. The summed E-state index contributed by atoms with van der Waals surface area (Å²) < 4.78 is 19.7. The minimum absolute atomic E-state index is 0.0783. The van der Waals surface area contributed by atoms with Crippen LogP contribution in [0.25, 0.3) is 0 Å².